The summed E-state index contributed by atoms with van der Waals surface area (Å²) in [5.74, 6) is 0.422. The van der Waals surface area contributed by atoms with Crippen molar-refractivity contribution in [1.82, 2.24) is 9.13 Å². The monoisotopic (exact) mass is 300 g/mol. The summed E-state index contributed by atoms with van der Waals surface area (Å²) in [5, 5.41) is 0. The molecule has 0 saturated carbocycles. The third-order valence-electron chi connectivity index (χ3n) is 3.26. The van der Waals surface area contributed by atoms with E-state index in [0.29, 0.717) is 11.3 Å². The summed E-state index contributed by atoms with van der Waals surface area (Å²) < 4.78 is 7.31. The van der Waals surface area contributed by atoms with Gasteiger partial charge in [-0.15, -0.1) is 0 Å². The van der Waals surface area contributed by atoms with Gasteiger partial charge in [-0.25, -0.2) is 4.79 Å². The minimum Gasteiger partial charge on any atom is -0.497 e. The Morgan fingerprint density at radius 1 is 1.14 bits per heavy atom. The van der Waals surface area contributed by atoms with Crippen LogP contribution in [0.2, 0.25) is 0 Å². The van der Waals surface area contributed by atoms with Crippen LogP contribution >= 0.6 is 0 Å². The van der Waals surface area contributed by atoms with Crippen molar-refractivity contribution in [2.24, 2.45) is 14.1 Å². The number of ether oxygens (including phenoxy) is 1. The summed E-state index contributed by atoms with van der Waals surface area (Å²) in [4.78, 5) is 35.6. The van der Waals surface area contributed by atoms with E-state index in [1.807, 2.05) is 0 Å². The minimum absolute atomic E-state index is 0.237. The second-order valence-electron chi connectivity index (χ2n) is 4.77. The highest BCUT2D eigenvalue weighted by Gasteiger charge is 2.06. The largest absolute Gasteiger partial charge is 0.497 e. The van der Waals surface area contributed by atoms with Crippen LogP contribution in [0, 0.1) is 0 Å². The SMILES string of the molecule is COc1ccc(C(=O)/C=C/c2cn(C)c(=O)n(C)c2=O)cc1. The first-order valence-corrected chi connectivity index (χ1v) is 6.57. The van der Waals surface area contributed by atoms with E-state index in [0.717, 1.165) is 4.57 Å². The maximum Gasteiger partial charge on any atom is 0.330 e. The molecule has 0 atom stereocenters. The van der Waals surface area contributed by atoms with Gasteiger partial charge in [-0.3, -0.25) is 14.2 Å². The molecule has 114 valence electrons. The molecule has 2 rings (SSSR count). The number of carbonyl (C=O) groups excluding carboxylic acids is 1. The van der Waals surface area contributed by atoms with Gasteiger partial charge in [-0.2, -0.15) is 0 Å². The first-order valence-electron chi connectivity index (χ1n) is 6.57. The lowest BCUT2D eigenvalue weighted by Gasteiger charge is -2.03. The van der Waals surface area contributed by atoms with Crippen LogP contribution in [0.3, 0.4) is 0 Å². The van der Waals surface area contributed by atoms with Crippen molar-refractivity contribution in [3.05, 3.63) is 68.5 Å². The molecule has 0 radical (unpaired) electrons. The number of ketones is 1. The van der Waals surface area contributed by atoms with Gasteiger partial charge in [-0.1, -0.05) is 0 Å². The third-order valence-corrected chi connectivity index (χ3v) is 3.26. The fraction of sp³-hybridized carbons (Fsp3) is 0.188. The molecule has 0 unspecified atom stereocenters. The molecule has 0 amide bonds. The molecule has 0 N–H and O–H groups in total. The fourth-order valence-corrected chi connectivity index (χ4v) is 1.97. The molecule has 0 fully saturated rings. The number of aromatic nitrogens is 2. The van der Waals surface area contributed by atoms with E-state index in [9.17, 15) is 14.4 Å². The standard InChI is InChI=1S/C16H16N2O4/c1-17-10-12(15(20)18(2)16(17)21)6-9-14(19)11-4-7-13(22-3)8-5-11/h4-10H,1-3H3/b9-6+. The number of allylic oxidation sites excluding steroid dienone is 1. The van der Waals surface area contributed by atoms with Crippen molar-refractivity contribution in [3.63, 3.8) is 0 Å². The number of hydrogen-bond donors (Lipinski definition) is 0. The fourth-order valence-electron chi connectivity index (χ4n) is 1.97. The maximum absolute atomic E-state index is 12.1. The Morgan fingerprint density at radius 2 is 1.77 bits per heavy atom. The molecule has 0 aliphatic carbocycles. The van der Waals surface area contributed by atoms with E-state index in [2.05, 4.69) is 0 Å². The number of aryl methyl sites for hydroxylation is 1. The van der Waals surface area contributed by atoms with Gasteiger partial charge in [0.05, 0.1) is 12.7 Å². The topological polar surface area (TPSA) is 70.3 Å². The molecule has 0 spiro atoms. The summed E-state index contributed by atoms with van der Waals surface area (Å²) >= 11 is 0. The van der Waals surface area contributed by atoms with Gasteiger partial charge in [0.15, 0.2) is 5.78 Å². The van der Waals surface area contributed by atoms with E-state index in [1.54, 1.807) is 38.4 Å². The quantitative estimate of drug-likeness (QED) is 0.623. The first kappa shape index (κ1) is 15.5. The lowest BCUT2D eigenvalue weighted by Crippen LogP contribution is -2.37. The summed E-state index contributed by atoms with van der Waals surface area (Å²) in [6.07, 6.45) is 4.12. The van der Waals surface area contributed by atoms with E-state index >= 15 is 0 Å². The second kappa shape index (κ2) is 6.26. The molecule has 2 aromatic rings. The van der Waals surface area contributed by atoms with Crippen LogP contribution in [-0.4, -0.2) is 22.0 Å². The van der Waals surface area contributed by atoms with Crippen LogP contribution < -0.4 is 16.0 Å². The Balaban J connectivity index is 2.30. The first-order chi connectivity index (χ1) is 10.4. The van der Waals surface area contributed by atoms with Gasteiger partial charge in [0, 0.05) is 25.9 Å². The van der Waals surface area contributed by atoms with E-state index in [1.165, 1.54) is 30.0 Å². The molecular formula is C16H16N2O4. The number of nitrogens with zero attached hydrogens (tertiary/aromatic N) is 2. The van der Waals surface area contributed by atoms with Crippen molar-refractivity contribution in [2.75, 3.05) is 7.11 Å². The molecule has 22 heavy (non-hydrogen) atoms. The highest BCUT2D eigenvalue weighted by Crippen LogP contribution is 2.12. The van der Waals surface area contributed by atoms with Gasteiger partial charge in [0.2, 0.25) is 0 Å². The van der Waals surface area contributed by atoms with Crippen LogP contribution in [0.5, 0.6) is 5.75 Å². The smallest absolute Gasteiger partial charge is 0.330 e. The summed E-state index contributed by atoms with van der Waals surface area (Å²) in [6.45, 7) is 0. The van der Waals surface area contributed by atoms with Crippen LogP contribution in [0.4, 0.5) is 0 Å². The minimum atomic E-state index is -0.443. The van der Waals surface area contributed by atoms with Gasteiger partial charge in [0.25, 0.3) is 5.56 Å². The van der Waals surface area contributed by atoms with Gasteiger partial charge < -0.3 is 9.30 Å². The second-order valence-corrected chi connectivity index (χ2v) is 4.77. The zero-order valence-corrected chi connectivity index (χ0v) is 12.6. The molecular weight excluding hydrogens is 284 g/mol. The zero-order chi connectivity index (χ0) is 16.3. The van der Waals surface area contributed by atoms with Gasteiger partial charge in [-0.05, 0) is 36.4 Å². The van der Waals surface area contributed by atoms with Crippen LogP contribution in [-0.2, 0) is 14.1 Å². The predicted octanol–water partition coefficient (Wildman–Crippen LogP) is 0.989. The highest BCUT2D eigenvalue weighted by atomic mass is 16.5. The van der Waals surface area contributed by atoms with Crippen molar-refractivity contribution >= 4 is 11.9 Å². The number of carbonyl (C=O) groups is 1. The lowest BCUT2D eigenvalue weighted by atomic mass is 10.1. The number of benzene rings is 1. The van der Waals surface area contributed by atoms with Crippen LogP contribution in [0.15, 0.2) is 46.1 Å². The average Bonchev–Trinajstić information content (AvgIpc) is 2.54. The highest BCUT2D eigenvalue weighted by molar-refractivity contribution is 6.06. The molecule has 0 saturated heterocycles. The Kier molecular flexibility index (Phi) is 4.41. The van der Waals surface area contributed by atoms with E-state index < -0.39 is 11.2 Å². The van der Waals surface area contributed by atoms with Crippen molar-refractivity contribution in [3.8, 4) is 5.75 Å². The number of hydrogen-bond acceptors (Lipinski definition) is 4. The van der Waals surface area contributed by atoms with Crippen molar-refractivity contribution in [2.45, 2.75) is 0 Å². The Morgan fingerprint density at radius 3 is 2.36 bits per heavy atom. The molecule has 1 aromatic heterocycles. The van der Waals surface area contributed by atoms with Gasteiger partial charge >= 0.3 is 5.69 Å². The van der Waals surface area contributed by atoms with Crippen molar-refractivity contribution < 1.29 is 9.53 Å². The normalized spacial score (nSPS) is 10.9. The molecule has 1 heterocycles. The summed E-state index contributed by atoms with van der Waals surface area (Å²) in [6, 6.07) is 6.66. The third kappa shape index (κ3) is 3.06. The van der Waals surface area contributed by atoms with Gasteiger partial charge in [0.1, 0.15) is 5.75 Å². The Labute approximate surface area is 126 Å². The Bertz CT molecular complexity index is 842. The van der Waals surface area contributed by atoms with Crippen LogP contribution in [0.1, 0.15) is 15.9 Å². The molecule has 0 aliphatic rings. The average molecular weight is 300 g/mol. The predicted molar refractivity (Wildman–Crippen MR) is 83.3 cm³/mol. The number of methoxy groups -OCH3 is 1. The molecule has 6 heteroatoms. The molecule has 0 bridgehead atoms. The van der Waals surface area contributed by atoms with E-state index in [-0.39, 0.29) is 11.3 Å². The molecule has 6 nitrogen and oxygen atoms in total. The van der Waals surface area contributed by atoms with Crippen LogP contribution in [0.25, 0.3) is 6.08 Å². The summed E-state index contributed by atoms with van der Waals surface area (Å²) in [7, 11) is 4.49. The van der Waals surface area contributed by atoms with Crippen molar-refractivity contribution in [1.29, 1.82) is 0 Å². The molecule has 0 aliphatic heterocycles. The zero-order valence-electron chi connectivity index (χ0n) is 12.6. The number of rotatable bonds is 4. The maximum atomic E-state index is 12.1. The molecule has 1 aromatic carbocycles. The summed E-state index contributed by atoms with van der Waals surface area (Å²) in [5.41, 5.74) is -0.101. The Hall–Kier alpha value is -2.89. The lowest BCUT2D eigenvalue weighted by molar-refractivity contribution is 0.104. The van der Waals surface area contributed by atoms with E-state index in [4.69, 9.17) is 4.74 Å².